The molecule has 2 fully saturated rings. The lowest BCUT2D eigenvalue weighted by molar-refractivity contribution is 0.122. The monoisotopic (exact) mass is 484 g/mol. The first-order valence-electron chi connectivity index (χ1n) is 12.8. The van der Waals surface area contributed by atoms with Crippen LogP contribution in [0, 0.1) is 11.8 Å². The lowest BCUT2D eigenvalue weighted by atomic mass is 9.80. The van der Waals surface area contributed by atoms with E-state index in [9.17, 15) is 8.78 Å². The van der Waals surface area contributed by atoms with Gasteiger partial charge in [0.15, 0.2) is 5.82 Å². The quantitative estimate of drug-likeness (QED) is 0.500. The van der Waals surface area contributed by atoms with Gasteiger partial charge >= 0.3 is 0 Å². The van der Waals surface area contributed by atoms with Gasteiger partial charge < -0.3 is 15.4 Å². The Balaban J connectivity index is 1.43. The number of anilines is 1. The first kappa shape index (κ1) is 24.1. The highest BCUT2D eigenvalue weighted by Gasteiger charge is 2.24. The predicted molar refractivity (Wildman–Crippen MR) is 132 cm³/mol. The first-order valence-corrected chi connectivity index (χ1v) is 12.8. The average Bonchev–Trinajstić information content (AvgIpc) is 3.30. The Labute approximate surface area is 204 Å². The van der Waals surface area contributed by atoms with Crippen LogP contribution in [-0.4, -0.2) is 52.4 Å². The van der Waals surface area contributed by atoms with Crippen LogP contribution in [0.4, 0.5) is 14.6 Å². The number of hydrogen-bond acceptors (Lipinski definition) is 6. The van der Waals surface area contributed by atoms with E-state index in [0.29, 0.717) is 54.9 Å². The molecule has 0 amide bonds. The molecule has 7 nitrogen and oxygen atoms in total. The summed E-state index contributed by atoms with van der Waals surface area (Å²) in [5.74, 6) is 3.01. The van der Waals surface area contributed by atoms with Gasteiger partial charge in [-0.3, -0.25) is 4.57 Å². The maximum atomic E-state index is 14.0. The zero-order valence-electron chi connectivity index (χ0n) is 20.1. The molecule has 3 aromatic rings. The summed E-state index contributed by atoms with van der Waals surface area (Å²) in [4.78, 5) is 16.0. The van der Waals surface area contributed by atoms with E-state index in [1.807, 2.05) is 18.2 Å². The molecule has 3 heterocycles. The third kappa shape index (κ3) is 5.46. The molecule has 1 saturated carbocycles. The largest absolute Gasteiger partial charge is 0.378 e. The molecule has 0 radical (unpaired) electrons. The van der Waals surface area contributed by atoms with Crippen LogP contribution in [0.5, 0.6) is 0 Å². The van der Waals surface area contributed by atoms with Crippen LogP contribution in [0.25, 0.3) is 16.9 Å². The summed E-state index contributed by atoms with van der Waals surface area (Å²) in [5, 5.41) is 0. The van der Waals surface area contributed by atoms with Crippen molar-refractivity contribution < 1.29 is 13.5 Å². The minimum absolute atomic E-state index is 0.291. The van der Waals surface area contributed by atoms with Crippen LogP contribution >= 0.6 is 0 Å². The van der Waals surface area contributed by atoms with Crippen molar-refractivity contribution in [3.8, 4) is 5.82 Å². The highest BCUT2D eigenvalue weighted by Crippen LogP contribution is 2.32. The van der Waals surface area contributed by atoms with Gasteiger partial charge in [-0.15, -0.1) is 0 Å². The molecule has 0 atom stereocenters. The summed E-state index contributed by atoms with van der Waals surface area (Å²) >= 11 is 0. The number of benzene rings is 1. The minimum atomic E-state index is -2.71. The summed E-state index contributed by atoms with van der Waals surface area (Å²) in [7, 11) is 0. The Morgan fingerprint density at radius 2 is 1.69 bits per heavy atom. The summed E-state index contributed by atoms with van der Waals surface area (Å²) < 4.78 is 35.0. The van der Waals surface area contributed by atoms with Gasteiger partial charge in [-0.1, -0.05) is 31.4 Å². The summed E-state index contributed by atoms with van der Waals surface area (Å²) in [5.41, 5.74) is 6.99. The smallest absolute Gasteiger partial charge is 0.296 e. The van der Waals surface area contributed by atoms with Crippen molar-refractivity contribution in [2.24, 2.45) is 17.6 Å². The minimum Gasteiger partial charge on any atom is -0.378 e. The van der Waals surface area contributed by atoms with Crippen LogP contribution in [-0.2, 0) is 11.2 Å². The van der Waals surface area contributed by atoms with E-state index in [-0.39, 0.29) is 5.82 Å². The molecule has 0 unspecified atom stereocenters. The van der Waals surface area contributed by atoms with Gasteiger partial charge in [-0.05, 0) is 49.8 Å². The van der Waals surface area contributed by atoms with Crippen molar-refractivity contribution in [3.63, 3.8) is 0 Å². The number of morpholine rings is 1. The SMILES string of the molecule is NCC1CCC(CCCc2nc(N3CCOCC3)cc(-n3c(C(F)F)nc4ccccc43)n2)CC1. The number of rotatable bonds is 8. The standard InChI is InChI=1S/C26H34F2N6O/c27-25(28)26-30-20-5-1-2-6-21(20)34(26)24-16-23(33-12-14-35-15-13-33)31-22(32-24)7-3-4-18-8-10-19(17-29)11-9-18/h1-2,5-6,16,18-19,25H,3-4,7-15,17,29H2. The Kier molecular flexibility index (Phi) is 7.53. The Morgan fingerprint density at radius 1 is 0.971 bits per heavy atom. The molecule has 9 heteroatoms. The summed E-state index contributed by atoms with van der Waals surface area (Å²) in [6.07, 6.45) is 5.04. The fourth-order valence-electron chi connectivity index (χ4n) is 5.39. The van der Waals surface area contributed by atoms with Crippen LogP contribution in [0.3, 0.4) is 0 Å². The van der Waals surface area contributed by atoms with E-state index in [2.05, 4.69) is 9.88 Å². The number of ether oxygens (including phenoxy) is 1. The van der Waals surface area contributed by atoms with E-state index in [1.54, 1.807) is 12.1 Å². The molecule has 0 spiro atoms. The number of nitrogens with two attached hydrogens (primary N) is 1. The normalized spacial score (nSPS) is 21.2. The molecule has 1 aliphatic heterocycles. The number of aryl methyl sites for hydroxylation is 1. The van der Waals surface area contributed by atoms with E-state index in [1.165, 1.54) is 30.3 Å². The molecule has 1 saturated heterocycles. The van der Waals surface area contributed by atoms with Gasteiger partial charge in [0, 0.05) is 25.6 Å². The third-order valence-corrected chi connectivity index (χ3v) is 7.40. The lowest BCUT2D eigenvalue weighted by Gasteiger charge is -2.28. The number of para-hydroxylation sites is 2. The maximum Gasteiger partial charge on any atom is 0.296 e. The topological polar surface area (TPSA) is 82.1 Å². The second kappa shape index (κ2) is 11.0. The highest BCUT2D eigenvalue weighted by atomic mass is 19.3. The van der Waals surface area contributed by atoms with Crippen molar-refractivity contribution in [1.29, 1.82) is 0 Å². The molecule has 1 aromatic carbocycles. The Morgan fingerprint density at radius 3 is 2.43 bits per heavy atom. The number of fused-ring (bicyclic) bond motifs is 1. The molecule has 188 valence electrons. The number of aromatic nitrogens is 4. The van der Waals surface area contributed by atoms with Gasteiger partial charge in [0.1, 0.15) is 17.5 Å². The molecule has 0 bridgehead atoms. The van der Waals surface area contributed by atoms with Crippen molar-refractivity contribution in [2.75, 3.05) is 37.7 Å². The van der Waals surface area contributed by atoms with Gasteiger partial charge in [0.05, 0.1) is 24.2 Å². The van der Waals surface area contributed by atoms with E-state index in [4.69, 9.17) is 20.4 Å². The van der Waals surface area contributed by atoms with Crippen molar-refractivity contribution >= 4 is 16.9 Å². The number of nitrogens with zero attached hydrogens (tertiary/aromatic N) is 5. The molecule has 2 aromatic heterocycles. The average molecular weight is 485 g/mol. The van der Waals surface area contributed by atoms with Crippen LogP contribution in [0.2, 0.25) is 0 Å². The van der Waals surface area contributed by atoms with Crippen LogP contribution in [0.15, 0.2) is 30.3 Å². The van der Waals surface area contributed by atoms with Gasteiger partial charge in [0.25, 0.3) is 6.43 Å². The number of imidazole rings is 1. The summed E-state index contributed by atoms with van der Waals surface area (Å²) in [6, 6.07) is 9.01. The second-order valence-corrected chi connectivity index (χ2v) is 9.71. The fraction of sp³-hybridized carbons (Fsp3) is 0.577. The number of halogens is 2. The van der Waals surface area contributed by atoms with Crippen molar-refractivity contribution in [1.82, 2.24) is 19.5 Å². The Hall–Kier alpha value is -2.65. The zero-order valence-corrected chi connectivity index (χ0v) is 20.1. The van der Waals surface area contributed by atoms with E-state index >= 15 is 0 Å². The zero-order chi connectivity index (χ0) is 24.2. The molecule has 2 N–H and O–H groups in total. The third-order valence-electron chi connectivity index (χ3n) is 7.40. The maximum absolute atomic E-state index is 14.0. The van der Waals surface area contributed by atoms with Gasteiger partial charge in [-0.25, -0.2) is 23.7 Å². The number of hydrogen-bond donors (Lipinski definition) is 1. The molecule has 2 aliphatic rings. The molecular formula is C26H34F2N6O. The predicted octanol–water partition coefficient (Wildman–Crippen LogP) is 4.68. The Bertz CT molecular complexity index is 1120. The molecule has 35 heavy (non-hydrogen) atoms. The van der Waals surface area contributed by atoms with Crippen molar-refractivity contribution in [3.05, 3.63) is 42.0 Å². The van der Waals surface area contributed by atoms with Gasteiger partial charge in [0.2, 0.25) is 0 Å². The number of alkyl halides is 2. The van der Waals surface area contributed by atoms with Crippen LogP contribution in [0.1, 0.15) is 56.6 Å². The fourth-order valence-corrected chi connectivity index (χ4v) is 5.39. The lowest BCUT2D eigenvalue weighted by Crippen LogP contribution is -2.37. The van der Waals surface area contributed by atoms with Crippen LogP contribution < -0.4 is 10.6 Å². The molecule has 5 rings (SSSR count). The van der Waals surface area contributed by atoms with Gasteiger partial charge in [-0.2, -0.15) is 0 Å². The highest BCUT2D eigenvalue weighted by molar-refractivity contribution is 5.78. The summed E-state index contributed by atoms with van der Waals surface area (Å²) in [6.45, 7) is 3.47. The molecule has 1 aliphatic carbocycles. The second-order valence-electron chi connectivity index (χ2n) is 9.71. The van der Waals surface area contributed by atoms with E-state index in [0.717, 1.165) is 37.5 Å². The first-order chi connectivity index (χ1) is 17.1. The van der Waals surface area contributed by atoms with E-state index < -0.39 is 6.43 Å². The van der Waals surface area contributed by atoms with Crippen molar-refractivity contribution in [2.45, 2.75) is 51.4 Å². The molecular weight excluding hydrogens is 450 g/mol.